The molecule has 2 amide bonds. The van der Waals surface area contributed by atoms with Gasteiger partial charge in [0.1, 0.15) is 5.76 Å². The van der Waals surface area contributed by atoms with Crippen LogP contribution < -0.4 is 10.2 Å². The molecule has 1 aromatic heterocycles. The molecule has 2 heterocycles. The zero-order chi connectivity index (χ0) is 18.7. The van der Waals surface area contributed by atoms with Crippen LogP contribution in [0, 0.1) is 13.8 Å². The predicted molar refractivity (Wildman–Crippen MR) is 104 cm³/mol. The minimum absolute atomic E-state index is 0.0437. The topological polar surface area (TPSA) is 75.4 Å². The Bertz CT molecular complexity index is 818. The number of hydrogen-bond donors (Lipinski definition) is 1. The fourth-order valence-corrected chi connectivity index (χ4v) is 3.86. The first-order chi connectivity index (χ1) is 12.5. The van der Waals surface area contributed by atoms with Gasteiger partial charge in [-0.15, -0.1) is 11.8 Å². The van der Waals surface area contributed by atoms with Gasteiger partial charge in [-0.05, 0) is 44.7 Å². The summed E-state index contributed by atoms with van der Waals surface area (Å²) in [5.41, 5.74) is 3.38. The van der Waals surface area contributed by atoms with E-state index in [0.717, 1.165) is 30.6 Å². The van der Waals surface area contributed by atoms with Crippen molar-refractivity contribution in [3.8, 4) is 0 Å². The minimum Gasteiger partial charge on any atom is -0.360 e. The number of aryl methyl sites for hydroxylation is 3. The quantitative estimate of drug-likeness (QED) is 0.870. The van der Waals surface area contributed by atoms with E-state index < -0.39 is 0 Å². The van der Waals surface area contributed by atoms with E-state index in [1.807, 2.05) is 24.0 Å². The van der Waals surface area contributed by atoms with Crippen LogP contribution in [0.4, 0.5) is 11.5 Å². The Morgan fingerprint density at radius 2 is 2.19 bits per heavy atom. The van der Waals surface area contributed by atoms with E-state index in [1.54, 1.807) is 19.9 Å². The number of hydrogen-bond acceptors (Lipinski definition) is 5. The molecule has 6 nitrogen and oxygen atoms in total. The summed E-state index contributed by atoms with van der Waals surface area (Å²) in [7, 11) is 0. The molecule has 0 radical (unpaired) electrons. The first kappa shape index (κ1) is 18.5. The molecule has 0 saturated heterocycles. The number of amides is 2. The third-order valence-electron chi connectivity index (χ3n) is 4.43. The van der Waals surface area contributed by atoms with Crippen molar-refractivity contribution in [3.05, 3.63) is 41.2 Å². The van der Waals surface area contributed by atoms with Gasteiger partial charge in [-0.25, -0.2) is 0 Å². The molecule has 0 saturated carbocycles. The molecule has 7 heteroatoms. The third-order valence-corrected chi connectivity index (χ3v) is 5.55. The number of fused-ring (bicyclic) bond motifs is 1. The Morgan fingerprint density at radius 1 is 1.38 bits per heavy atom. The molecule has 1 N–H and O–H groups in total. The van der Waals surface area contributed by atoms with Crippen molar-refractivity contribution < 1.29 is 14.1 Å². The van der Waals surface area contributed by atoms with Gasteiger partial charge in [-0.3, -0.25) is 9.59 Å². The first-order valence-electron chi connectivity index (χ1n) is 8.70. The molecule has 1 aliphatic rings. The highest BCUT2D eigenvalue weighted by atomic mass is 32.2. The lowest BCUT2D eigenvalue weighted by molar-refractivity contribution is -0.116. The molecule has 2 aromatic rings. The van der Waals surface area contributed by atoms with Crippen molar-refractivity contribution in [2.24, 2.45) is 0 Å². The number of para-hydroxylation sites is 1. The van der Waals surface area contributed by atoms with Crippen LogP contribution in [0.15, 0.2) is 28.8 Å². The van der Waals surface area contributed by atoms with Gasteiger partial charge in [0.2, 0.25) is 11.8 Å². The van der Waals surface area contributed by atoms with E-state index in [0.29, 0.717) is 11.6 Å². The van der Waals surface area contributed by atoms with E-state index in [1.165, 1.54) is 17.3 Å². The summed E-state index contributed by atoms with van der Waals surface area (Å²) in [6.45, 7) is 6.32. The lowest BCUT2D eigenvalue weighted by atomic mass is 9.98. The second kappa shape index (κ2) is 7.95. The van der Waals surface area contributed by atoms with Crippen LogP contribution in [-0.4, -0.2) is 34.5 Å². The maximum absolute atomic E-state index is 12.7. The summed E-state index contributed by atoms with van der Waals surface area (Å²) in [6.07, 6.45) is 1.97. The number of carbonyl (C=O) groups is 2. The highest BCUT2D eigenvalue weighted by Crippen LogP contribution is 2.31. The summed E-state index contributed by atoms with van der Waals surface area (Å²) in [6, 6.07) is 7.82. The van der Waals surface area contributed by atoms with Crippen LogP contribution in [0.5, 0.6) is 0 Å². The van der Waals surface area contributed by atoms with Crippen LogP contribution in [-0.2, 0) is 16.0 Å². The Labute approximate surface area is 157 Å². The van der Waals surface area contributed by atoms with E-state index in [4.69, 9.17) is 4.52 Å². The Balaban J connectivity index is 1.58. The van der Waals surface area contributed by atoms with Crippen LogP contribution in [0.3, 0.4) is 0 Å². The Hall–Kier alpha value is -2.28. The Kier molecular flexibility index (Phi) is 5.66. The third kappa shape index (κ3) is 4.09. The molecule has 0 unspecified atom stereocenters. The van der Waals surface area contributed by atoms with Gasteiger partial charge >= 0.3 is 0 Å². The molecule has 0 fully saturated rings. The van der Waals surface area contributed by atoms with Gasteiger partial charge in [-0.1, -0.05) is 23.4 Å². The number of rotatable bonds is 5. The molecule has 138 valence electrons. The van der Waals surface area contributed by atoms with Crippen molar-refractivity contribution >= 4 is 35.1 Å². The number of aromatic nitrogens is 1. The predicted octanol–water partition coefficient (Wildman–Crippen LogP) is 3.33. The van der Waals surface area contributed by atoms with Crippen molar-refractivity contribution in [2.45, 2.75) is 38.9 Å². The zero-order valence-corrected chi connectivity index (χ0v) is 16.1. The van der Waals surface area contributed by atoms with Crippen LogP contribution in [0.1, 0.15) is 30.2 Å². The van der Waals surface area contributed by atoms with Gasteiger partial charge < -0.3 is 14.7 Å². The lowest BCUT2D eigenvalue weighted by Crippen LogP contribution is -2.38. The number of nitrogens with zero attached hydrogens (tertiary/aromatic N) is 2. The van der Waals surface area contributed by atoms with E-state index in [9.17, 15) is 9.59 Å². The second-order valence-electron chi connectivity index (χ2n) is 6.50. The molecular formula is C19H23N3O3S. The normalized spacial score (nSPS) is 14.7. The second-order valence-corrected chi connectivity index (χ2v) is 7.83. The highest BCUT2D eigenvalue weighted by molar-refractivity contribution is 8.01. The van der Waals surface area contributed by atoms with Gasteiger partial charge in [0, 0.05) is 18.3 Å². The summed E-state index contributed by atoms with van der Waals surface area (Å²) in [5, 5.41) is 6.09. The average Bonchev–Trinajstić information content (AvgIpc) is 3.03. The van der Waals surface area contributed by atoms with Gasteiger partial charge in [-0.2, -0.15) is 0 Å². The number of anilines is 2. The van der Waals surface area contributed by atoms with Gasteiger partial charge in [0.25, 0.3) is 0 Å². The molecule has 3 rings (SSSR count). The van der Waals surface area contributed by atoms with Crippen LogP contribution in [0.2, 0.25) is 0 Å². The van der Waals surface area contributed by atoms with E-state index in [2.05, 4.69) is 16.5 Å². The molecular weight excluding hydrogens is 350 g/mol. The summed E-state index contributed by atoms with van der Waals surface area (Å²) in [4.78, 5) is 26.8. The van der Waals surface area contributed by atoms with E-state index >= 15 is 0 Å². The average molecular weight is 373 g/mol. The molecule has 1 aromatic carbocycles. The first-order valence-corrected chi connectivity index (χ1v) is 9.75. The number of carbonyl (C=O) groups excluding carboxylic acids is 2. The highest BCUT2D eigenvalue weighted by Gasteiger charge is 2.25. The van der Waals surface area contributed by atoms with E-state index in [-0.39, 0.29) is 22.8 Å². The molecule has 26 heavy (non-hydrogen) atoms. The number of nitrogens with one attached hydrogen (secondary N) is 1. The van der Waals surface area contributed by atoms with Crippen molar-refractivity contribution in [1.29, 1.82) is 0 Å². The summed E-state index contributed by atoms with van der Waals surface area (Å²) < 4.78 is 4.93. The molecule has 1 aliphatic heterocycles. The number of benzene rings is 1. The Morgan fingerprint density at radius 3 is 2.92 bits per heavy atom. The van der Waals surface area contributed by atoms with Gasteiger partial charge in [0.15, 0.2) is 5.82 Å². The summed E-state index contributed by atoms with van der Waals surface area (Å²) in [5.74, 6) is 1.15. The zero-order valence-electron chi connectivity index (χ0n) is 15.2. The minimum atomic E-state index is -0.364. The van der Waals surface area contributed by atoms with Crippen LogP contribution >= 0.6 is 11.8 Å². The van der Waals surface area contributed by atoms with Crippen molar-refractivity contribution in [2.75, 3.05) is 22.5 Å². The lowest BCUT2D eigenvalue weighted by Gasteiger charge is -2.31. The van der Waals surface area contributed by atoms with Gasteiger partial charge in [0.05, 0.1) is 11.0 Å². The molecule has 0 spiro atoms. The largest absolute Gasteiger partial charge is 0.360 e. The van der Waals surface area contributed by atoms with Crippen LogP contribution in [0.25, 0.3) is 0 Å². The fraction of sp³-hybridized carbons (Fsp3) is 0.421. The SMILES string of the molecule is Cc1cc(NC(=O)[C@H](C)SCC(=O)N2CCCc3cccc(C)c32)no1. The van der Waals surface area contributed by atoms with Crippen molar-refractivity contribution in [3.63, 3.8) is 0 Å². The molecule has 0 bridgehead atoms. The summed E-state index contributed by atoms with van der Waals surface area (Å²) >= 11 is 1.33. The maximum Gasteiger partial charge on any atom is 0.238 e. The number of thioether (sulfide) groups is 1. The van der Waals surface area contributed by atoms with Crippen molar-refractivity contribution in [1.82, 2.24) is 5.16 Å². The molecule has 0 aliphatic carbocycles. The molecule has 1 atom stereocenters. The monoisotopic (exact) mass is 373 g/mol. The standard InChI is InChI=1S/C19H23N3O3S/c1-12-6-4-7-15-8-5-9-22(18(12)15)17(23)11-26-14(3)19(24)20-16-10-13(2)25-21-16/h4,6-7,10,14H,5,8-9,11H2,1-3H3,(H,20,21,24)/t14-/m0/s1. The maximum atomic E-state index is 12.7. The fourth-order valence-electron chi connectivity index (χ4n) is 3.10. The smallest absolute Gasteiger partial charge is 0.238 e.